The monoisotopic (exact) mass is 388 g/mol. The van der Waals surface area contributed by atoms with Gasteiger partial charge in [-0.3, -0.25) is 9.59 Å². The number of anilines is 1. The van der Waals surface area contributed by atoms with E-state index in [0.717, 1.165) is 50.8 Å². The van der Waals surface area contributed by atoms with Crippen LogP contribution in [-0.4, -0.2) is 29.8 Å². The summed E-state index contributed by atoms with van der Waals surface area (Å²) in [5.41, 5.74) is 1.83. The molecule has 6 heteroatoms. The van der Waals surface area contributed by atoms with Gasteiger partial charge in [0.1, 0.15) is 5.00 Å². The Kier molecular flexibility index (Phi) is 6.37. The molecule has 2 heterocycles. The van der Waals surface area contributed by atoms with Crippen molar-refractivity contribution in [3.05, 3.63) is 40.2 Å². The van der Waals surface area contributed by atoms with Crippen LogP contribution in [0.3, 0.4) is 0 Å². The first-order valence-corrected chi connectivity index (χ1v) is 10.6. The smallest absolute Gasteiger partial charge is 0.291 e. The average Bonchev–Trinajstić information content (AvgIpc) is 3.28. The van der Waals surface area contributed by atoms with E-state index >= 15 is 0 Å². The number of carbonyl (C=O) groups excluding carboxylic acids is 2. The highest BCUT2D eigenvalue weighted by Gasteiger charge is 2.30. The van der Waals surface area contributed by atoms with E-state index in [1.807, 2.05) is 4.90 Å². The molecule has 2 aromatic rings. The molecule has 0 bridgehead atoms. The predicted molar refractivity (Wildman–Crippen MR) is 109 cm³/mol. The molecule has 0 spiro atoms. The van der Waals surface area contributed by atoms with Crippen LogP contribution in [0.4, 0.5) is 5.00 Å². The number of hydrogen-bond acceptors (Lipinski definition) is 4. The summed E-state index contributed by atoms with van der Waals surface area (Å²) in [4.78, 5) is 29.1. The number of amides is 2. The maximum atomic E-state index is 13.4. The topological polar surface area (TPSA) is 62.6 Å². The van der Waals surface area contributed by atoms with E-state index in [-0.39, 0.29) is 17.6 Å². The minimum Gasteiger partial charge on any atom is -0.459 e. The molecular weight excluding hydrogens is 360 g/mol. The van der Waals surface area contributed by atoms with Crippen molar-refractivity contribution in [3.8, 4) is 0 Å². The first-order chi connectivity index (χ1) is 13.0. The van der Waals surface area contributed by atoms with Crippen molar-refractivity contribution in [1.29, 1.82) is 0 Å². The van der Waals surface area contributed by atoms with Crippen LogP contribution in [0.5, 0.6) is 0 Å². The van der Waals surface area contributed by atoms with Gasteiger partial charge in [-0.05, 0) is 55.7 Å². The Labute approximate surface area is 164 Å². The Balaban J connectivity index is 1.96. The minimum absolute atomic E-state index is 0.0421. The van der Waals surface area contributed by atoms with E-state index in [2.05, 4.69) is 26.1 Å². The van der Waals surface area contributed by atoms with Crippen LogP contribution in [0.2, 0.25) is 0 Å². The Morgan fingerprint density at radius 3 is 2.67 bits per heavy atom. The standard InChI is InChI=1S/C21H28N2O3S/c1-4-10-23(11-5-2)21(25)18-15-9-8-14(3)13-17(15)27-20(18)22-19(24)16-7-6-12-26-16/h6-7,12,14H,4-5,8-11,13H2,1-3H3,(H,22,24)/t14-/m0/s1. The number of carbonyl (C=O) groups is 2. The lowest BCUT2D eigenvalue weighted by molar-refractivity contribution is 0.0755. The number of hydrogen-bond donors (Lipinski definition) is 1. The molecule has 27 heavy (non-hydrogen) atoms. The van der Waals surface area contributed by atoms with Gasteiger partial charge in [0.05, 0.1) is 11.8 Å². The molecule has 1 aliphatic carbocycles. The van der Waals surface area contributed by atoms with Gasteiger partial charge >= 0.3 is 0 Å². The van der Waals surface area contributed by atoms with Gasteiger partial charge in [-0.25, -0.2) is 0 Å². The van der Waals surface area contributed by atoms with Gasteiger partial charge in [0, 0.05) is 18.0 Å². The highest BCUT2D eigenvalue weighted by atomic mass is 32.1. The second-order valence-electron chi connectivity index (χ2n) is 7.28. The Bertz CT molecular complexity index is 789. The summed E-state index contributed by atoms with van der Waals surface area (Å²) in [5.74, 6) is 0.598. The molecular formula is C21H28N2O3S. The molecule has 0 saturated carbocycles. The van der Waals surface area contributed by atoms with Crippen molar-refractivity contribution >= 4 is 28.2 Å². The van der Waals surface area contributed by atoms with Gasteiger partial charge in [-0.2, -0.15) is 0 Å². The molecule has 2 amide bonds. The van der Waals surface area contributed by atoms with Crippen LogP contribution in [0.25, 0.3) is 0 Å². The summed E-state index contributed by atoms with van der Waals surface area (Å²) in [5, 5.41) is 3.61. The van der Waals surface area contributed by atoms with Crippen molar-refractivity contribution in [2.75, 3.05) is 18.4 Å². The van der Waals surface area contributed by atoms with Crippen LogP contribution in [-0.2, 0) is 12.8 Å². The van der Waals surface area contributed by atoms with Crippen LogP contribution < -0.4 is 5.32 Å². The maximum absolute atomic E-state index is 13.4. The number of fused-ring (bicyclic) bond motifs is 1. The Morgan fingerprint density at radius 2 is 2.04 bits per heavy atom. The van der Waals surface area contributed by atoms with Gasteiger partial charge in [0.2, 0.25) is 0 Å². The normalized spacial score (nSPS) is 16.0. The van der Waals surface area contributed by atoms with Gasteiger partial charge in [0.25, 0.3) is 11.8 Å². The quantitative estimate of drug-likeness (QED) is 0.727. The zero-order chi connectivity index (χ0) is 19.4. The minimum atomic E-state index is -0.307. The third-order valence-corrected chi connectivity index (χ3v) is 6.14. The highest BCUT2D eigenvalue weighted by Crippen LogP contribution is 2.40. The molecule has 146 valence electrons. The average molecular weight is 389 g/mol. The molecule has 1 N–H and O–H groups in total. The van der Waals surface area contributed by atoms with Crippen molar-refractivity contribution in [2.45, 2.75) is 52.9 Å². The fraction of sp³-hybridized carbons (Fsp3) is 0.524. The SMILES string of the molecule is CCCN(CCC)C(=O)c1c(NC(=O)c2ccco2)sc2c1CC[C@H](C)C2. The van der Waals surface area contributed by atoms with Gasteiger partial charge < -0.3 is 14.6 Å². The van der Waals surface area contributed by atoms with Gasteiger partial charge in [-0.15, -0.1) is 11.3 Å². The van der Waals surface area contributed by atoms with Crippen molar-refractivity contribution in [1.82, 2.24) is 4.90 Å². The molecule has 0 radical (unpaired) electrons. The van der Waals surface area contributed by atoms with Crippen LogP contribution >= 0.6 is 11.3 Å². The summed E-state index contributed by atoms with van der Waals surface area (Å²) in [6, 6.07) is 3.32. The summed E-state index contributed by atoms with van der Waals surface area (Å²) in [6.45, 7) is 7.88. The van der Waals surface area contributed by atoms with Crippen LogP contribution in [0.1, 0.15) is 71.4 Å². The molecule has 1 atom stereocenters. The molecule has 5 nitrogen and oxygen atoms in total. The Hall–Kier alpha value is -2.08. The summed E-state index contributed by atoms with van der Waals surface area (Å²) in [7, 11) is 0. The number of nitrogens with zero attached hydrogens (tertiary/aromatic N) is 1. The number of rotatable bonds is 7. The van der Waals surface area contributed by atoms with Crippen molar-refractivity contribution in [3.63, 3.8) is 0 Å². The van der Waals surface area contributed by atoms with E-state index < -0.39 is 0 Å². The molecule has 0 unspecified atom stereocenters. The van der Waals surface area contributed by atoms with Crippen LogP contribution in [0.15, 0.2) is 22.8 Å². The summed E-state index contributed by atoms with van der Waals surface area (Å²) in [6.07, 6.45) is 6.27. The van der Waals surface area contributed by atoms with E-state index in [1.54, 1.807) is 23.5 Å². The lowest BCUT2D eigenvalue weighted by Gasteiger charge is -2.24. The number of nitrogens with one attached hydrogen (secondary N) is 1. The largest absolute Gasteiger partial charge is 0.459 e. The fourth-order valence-corrected chi connectivity index (χ4v) is 5.05. The third-order valence-electron chi connectivity index (χ3n) is 4.97. The summed E-state index contributed by atoms with van der Waals surface area (Å²) >= 11 is 1.55. The van der Waals surface area contributed by atoms with E-state index in [1.165, 1.54) is 11.1 Å². The van der Waals surface area contributed by atoms with Crippen LogP contribution in [0, 0.1) is 5.92 Å². The summed E-state index contributed by atoms with van der Waals surface area (Å²) < 4.78 is 5.21. The molecule has 0 aliphatic heterocycles. The predicted octanol–water partition coefficient (Wildman–Crippen LogP) is 4.98. The second kappa shape index (κ2) is 8.74. The van der Waals surface area contributed by atoms with E-state index in [0.29, 0.717) is 16.5 Å². The second-order valence-corrected chi connectivity index (χ2v) is 8.38. The first-order valence-electron chi connectivity index (χ1n) is 9.83. The molecule has 0 fully saturated rings. The number of thiophene rings is 1. The maximum Gasteiger partial charge on any atom is 0.291 e. The first kappa shape index (κ1) is 19.7. The highest BCUT2D eigenvalue weighted by molar-refractivity contribution is 7.17. The molecule has 1 aliphatic rings. The van der Waals surface area contributed by atoms with Crippen molar-refractivity contribution < 1.29 is 14.0 Å². The Morgan fingerprint density at radius 1 is 1.30 bits per heavy atom. The fourth-order valence-electron chi connectivity index (χ4n) is 3.65. The molecule has 3 rings (SSSR count). The number of furan rings is 1. The van der Waals surface area contributed by atoms with Gasteiger partial charge in [-0.1, -0.05) is 20.8 Å². The zero-order valence-electron chi connectivity index (χ0n) is 16.3. The van der Waals surface area contributed by atoms with E-state index in [9.17, 15) is 9.59 Å². The zero-order valence-corrected chi connectivity index (χ0v) is 17.2. The molecule has 2 aromatic heterocycles. The van der Waals surface area contributed by atoms with Gasteiger partial charge in [0.15, 0.2) is 5.76 Å². The lowest BCUT2D eigenvalue weighted by Crippen LogP contribution is -2.33. The molecule has 0 saturated heterocycles. The van der Waals surface area contributed by atoms with Crippen molar-refractivity contribution in [2.24, 2.45) is 5.92 Å². The lowest BCUT2D eigenvalue weighted by atomic mass is 9.88. The van der Waals surface area contributed by atoms with E-state index in [4.69, 9.17) is 4.42 Å². The molecule has 0 aromatic carbocycles. The third kappa shape index (κ3) is 4.26.